The molecule has 0 aliphatic heterocycles. The maximum absolute atomic E-state index is 11.9. The number of rotatable bonds is 0. The van der Waals surface area contributed by atoms with Gasteiger partial charge in [-0.3, -0.25) is 4.79 Å². The molecular formula is C12H20O2. The van der Waals surface area contributed by atoms with Crippen LogP contribution in [0.3, 0.4) is 0 Å². The highest BCUT2D eigenvalue weighted by Crippen LogP contribution is 2.46. The van der Waals surface area contributed by atoms with Crippen molar-refractivity contribution in [2.24, 2.45) is 11.3 Å². The van der Waals surface area contributed by atoms with Crippen LogP contribution in [0.5, 0.6) is 0 Å². The first kappa shape index (κ1) is 10.2. The topological polar surface area (TPSA) is 37.3 Å². The van der Waals surface area contributed by atoms with E-state index in [4.69, 9.17) is 0 Å². The molecule has 3 unspecified atom stereocenters. The second-order valence-corrected chi connectivity index (χ2v) is 5.20. The fourth-order valence-electron chi connectivity index (χ4n) is 3.03. The van der Waals surface area contributed by atoms with Gasteiger partial charge < -0.3 is 5.11 Å². The molecule has 3 atom stereocenters. The Labute approximate surface area is 85.7 Å². The van der Waals surface area contributed by atoms with Crippen LogP contribution in [0.15, 0.2) is 0 Å². The molecule has 2 fully saturated rings. The lowest BCUT2D eigenvalue weighted by molar-refractivity contribution is -0.137. The van der Waals surface area contributed by atoms with Crippen LogP contribution in [0, 0.1) is 11.3 Å². The maximum atomic E-state index is 11.9. The van der Waals surface area contributed by atoms with Crippen molar-refractivity contribution in [3.63, 3.8) is 0 Å². The predicted octanol–water partition coefficient (Wildman–Crippen LogP) is 2.30. The molecule has 2 aliphatic carbocycles. The molecule has 0 heterocycles. The molecule has 0 aromatic heterocycles. The second-order valence-electron chi connectivity index (χ2n) is 5.20. The minimum absolute atomic E-state index is 0.121. The zero-order valence-corrected chi connectivity index (χ0v) is 8.96. The zero-order valence-electron chi connectivity index (χ0n) is 8.96. The average Bonchev–Trinajstić information content (AvgIpc) is 2.17. The Bertz CT molecular complexity index is 236. The Hall–Kier alpha value is -0.370. The average molecular weight is 196 g/mol. The van der Waals surface area contributed by atoms with E-state index >= 15 is 0 Å². The number of carbonyl (C=O) groups excluding carboxylic acids is 1. The number of aliphatic hydroxyl groups is 1. The molecule has 0 aromatic carbocycles. The SMILES string of the molecule is CC1CCC2(CCCCC2=O)CC1O. The van der Waals surface area contributed by atoms with E-state index in [0.717, 1.165) is 38.5 Å². The molecule has 0 bridgehead atoms. The van der Waals surface area contributed by atoms with Crippen LogP contribution in [-0.4, -0.2) is 17.0 Å². The van der Waals surface area contributed by atoms with E-state index in [-0.39, 0.29) is 11.5 Å². The summed E-state index contributed by atoms with van der Waals surface area (Å²) in [7, 11) is 0. The van der Waals surface area contributed by atoms with Gasteiger partial charge in [-0.25, -0.2) is 0 Å². The van der Waals surface area contributed by atoms with Gasteiger partial charge in [-0.1, -0.05) is 13.3 Å². The summed E-state index contributed by atoms with van der Waals surface area (Å²) in [4.78, 5) is 11.9. The molecule has 14 heavy (non-hydrogen) atoms. The molecule has 2 aliphatic rings. The van der Waals surface area contributed by atoms with Gasteiger partial charge in [0.15, 0.2) is 0 Å². The number of hydrogen-bond donors (Lipinski definition) is 1. The largest absolute Gasteiger partial charge is 0.393 e. The molecule has 2 saturated carbocycles. The quantitative estimate of drug-likeness (QED) is 0.645. The van der Waals surface area contributed by atoms with Gasteiger partial charge in [0.2, 0.25) is 0 Å². The Kier molecular flexibility index (Phi) is 2.65. The van der Waals surface area contributed by atoms with Gasteiger partial charge in [0.05, 0.1) is 6.10 Å². The van der Waals surface area contributed by atoms with Gasteiger partial charge in [0, 0.05) is 11.8 Å². The monoisotopic (exact) mass is 196 g/mol. The Morgan fingerprint density at radius 2 is 2.14 bits per heavy atom. The summed E-state index contributed by atoms with van der Waals surface area (Å²) in [5.74, 6) is 0.810. The summed E-state index contributed by atoms with van der Waals surface area (Å²) in [5.41, 5.74) is -0.121. The fourth-order valence-corrected chi connectivity index (χ4v) is 3.03. The van der Waals surface area contributed by atoms with Gasteiger partial charge in [-0.15, -0.1) is 0 Å². The summed E-state index contributed by atoms with van der Waals surface area (Å²) in [6.45, 7) is 2.09. The lowest BCUT2D eigenvalue weighted by Crippen LogP contribution is -2.43. The van der Waals surface area contributed by atoms with E-state index in [2.05, 4.69) is 6.92 Å². The number of hydrogen-bond acceptors (Lipinski definition) is 2. The molecule has 0 radical (unpaired) electrons. The molecule has 0 amide bonds. The third kappa shape index (κ3) is 1.60. The van der Waals surface area contributed by atoms with E-state index in [1.165, 1.54) is 6.42 Å². The fraction of sp³-hybridized carbons (Fsp3) is 0.917. The van der Waals surface area contributed by atoms with Gasteiger partial charge in [0.1, 0.15) is 5.78 Å². The van der Waals surface area contributed by atoms with Crippen molar-refractivity contribution >= 4 is 5.78 Å². The lowest BCUT2D eigenvalue weighted by Gasteiger charge is -2.43. The van der Waals surface area contributed by atoms with Crippen LogP contribution < -0.4 is 0 Å². The van der Waals surface area contributed by atoms with Crippen molar-refractivity contribution in [3.8, 4) is 0 Å². The predicted molar refractivity (Wildman–Crippen MR) is 54.9 cm³/mol. The van der Waals surface area contributed by atoms with Crippen molar-refractivity contribution in [1.29, 1.82) is 0 Å². The summed E-state index contributed by atoms with van der Waals surface area (Å²) in [6.07, 6.45) is 6.53. The van der Waals surface area contributed by atoms with Crippen molar-refractivity contribution in [1.82, 2.24) is 0 Å². The molecular weight excluding hydrogens is 176 g/mol. The van der Waals surface area contributed by atoms with Crippen molar-refractivity contribution in [3.05, 3.63) is 0 Å². The number of carbonyl (C=O) groups is 1. The molecule has 1 spiro atoms. The molecule has 2 nitrogen and oxygen atoms in total. The first-order valence-corrected chi connectivity index (χ1v) is 5.85. The number of aliphatic hydroxyl groups excluding tert-OH is 1. The Balaban J connectivity index is 2.11. The molecule has 1 N–H and O–H groups in total. The Morgan fingerprint density at radius 3 is 2.79 bits per heavy atom. The van der Waals surface area contributed by atoms with Gasteiger partial charge in [-0.05, 0) is 38.0 Å². The Morgan fingerprint density at radius 1 is 1.36 bits per heavy atom. The minimum atomic E-state index is -0.245. The third-order valence-electron chi connectivity index (χ3n) is 4.24. The standard InChI is InChI=1S/C12H20O2/c1-9-5-7-12(8-10(9)13)6-3-2-4-11(12)14/h9-10,13H,2-8H2,1H3. The molecule has 2 rings (SSSR count). The first-order valence-electron chi connectivity index (χ1n) is 5.85. The van der Waals surface area contributed by atoms with E-state index < -0.39 is 0 Å². The van der Waals surface area contributed by atoms with Crippen LogP contribution in [-0.2, 0) is 4.79 Å². The maximum Gasteiger partial charge on any atom is 0.139 e. The second kappa shape index (κ2) is 3.65. The first-order chi connectivity index (χ1) is 6.64. The molecule has 0 aromatic rings. The summed E-state index contributed by atoms with van der Waals surface area (Å²) in [5, 5.41) is 9.86. The van der Waals surface area contributed by atoms with E-state index in [9.17, 15) is 9.90 Å². The highest BCUT2D eigenvalue weighted by Gasteiger charge is 2.44. The van der Waals surface area contributed by atoms with Crippen LogP contribution in [0.1, 0.15) is 51.9 Å². The van der Waals surface area contributed by atoms with Crippen LogP contribution in [0.25, 0.3) is 0 Å². The zero-order chi connectivity index (χ0) is 10.2. The van der Waals surface area contributed by atoms with Gasteiger partial charge in [0.25, 0.3) is 0 Å². The number of ketones is 1. The van der Waals surface area contributed by atoms with E-state index in [0.29, 0.717) is 11.7 Å². The minimum Gasteiger partial charge on any atom is -0.393 e. The molecule has 0 saturated heterocycles. The van der Waals surface area contributed by atoms with Crippen LogP contribution >= 0.6 is 0 Å². The highest BCUT2D eigenvalue weighted by molar-refractivity contribution is 5.85. The van der Waals surface area contributed by atoms with Crippen molar-refractivity contribution in [2.45, 2.75) is 58.0 Å². The lowest BCUT2D eigenvalue weighted by atomic mass is 9.62. The van der Waals surface area contributed by atoms with E-state index in [1.807, 2.05) is 0 Å². The van der Waals surface area contributed by atoms with Gasteiger partial charge in [-0.2, -0.15) is 0 Å². The summed E-state index contributed by atoms with van der Waals surface area (Å²) < 4.78 is 0. The molecule has 2 heteroatoms. The number of Topliss-reactive ketones (excluding diaryl/α,β-unsaturated/α-hetero) is 1. The van der Waals surface area contributed by atoms with E-state index in [1.54, 1.807) is 0 Å². The van der Waals surface area contributed by atoms with Crippen molar-refractivity contribution in [2.75, 3.05) is 0 Å². The van der Waals surface area contributed by atoms with Gasteiger partial charge >= 0.3 is 0 Å². The van der Waals surface area contributed by atoms with Crippen molar-refractivity contribution < 1.29 is 9.90 Å². The summed E-state index contributed by atoms with van der Waals surface area (Å²) in [6, 6.07) is 0. The van der Waals surface area contributed by atoms with Crippen LogP contribution in [0.4, 0.5) is 0 Å². The van der Waals surface area contributed by atoms with Crippen LogP contribution in [0.2, 0.25) is 0 Å². The summed E-state index contributed by atoms with van der Waals surface area (Å²) >= 11 is 0. The molecule has 80 valence electrons. The normalized spacial score (nSPS) is 44.3. The smallest absolute Gasteiger partial charge is 0.139 e. The third-order valence-corrected chi connectivity index (χ3v) is 4.24. The highest BCUT2D eigenvalue weighted by atomic mass is 16.3.